The fourth-order valence-corrected chi connectivity index (χ4v) is 2.65. The van der Waals surface area contributed by atoms with Crippen molar-refractivity contribution < 1.29 is 19.3 Å². The molecule has 0 aliphatic carbocycles. The molecule has 1 aliphatic heterocycles. The van der Waals surface area contributed by atoms with E-state index >= 15 is 0 Å². The van der Waals surface area contributed by atoms with Crippen LogP contribution in [0.1, 0.15) is 50.1 Å². The summed E-state index contributed by atoms with van der Waals surface area (Å²) in [6.07, 6.45) is -1.44. The van der Waals surface area contributed by atoms with E-state index < -0.39 is 12.4 Å². The van der Waals surface area contributed by atoms with Crippen molar-refractivity contribution in [3.8, 4) is 5.75 Å². The third-order valence-electron chi connectivity index (χ3n) is 4.01. The molecular formula is C19H24N2O4. The second-order valence-electron chi connectivity index (χ2n) is 7.18. The number of nitrogens with zero attached hydrogens (tertiary/aromatic N) is 1. The van der Waals surface area contributed by atoms with Crippen LogP contribution in [-0.2, 0) is 11.3 Å². The van der Waals surface area contributed by atoms with Gasteiger partial charge in [-0.15, -0.1) is 0 Å². The maximum Gasteiger partial charge on any atom is 0.261 e. The van der Waals surface area contributed by atoms with Gasteiger partial charge in [0.05, 0.1) is 0 Å². The van der Waals surface area contributed by atoms with Gasteiger partial charge in [0.25, 0.3) is 5.69 Å². The molecule has 1 aliphatic rings. The molecule has 0 fully saturated rings. The van der Waals surface area contributed by atoms with E-state index in [1.807, 2.05) is 51.1 Å². The van der Waals surface area contributed by atoms with Crippen molar-refractivity contribution >= 4 is 0 Å². The summed E-state index contributed by atoms with van der Waals surface area (Å²) < 4.78 is 12.2. The Labute approximate surface area is 147 Å². The predicted octanol–water partition coefficient (Wildman–Crippen LogP) is 2.35. The zero-order valence-corrected chi connectivity index (χ0v) is 14.7. The Morgan fingerprint density at radius 1 is 1.24 bits per heavy atom. The molecule has 2 heterocycles. The molecule has 2 unspecified atom stereocenters. The topological polar surface area (TPSA) is 77.7 Å². The van der Waals surface area contributed by atoms with Crippen LogP contribution in [0.4, 0.5) is 0 Å². The first-order valence-electron chi connectivity index (χ1n) is 8.37. The Hall–Kier alpha value is -2.15. The number of nitrogens with one attached hydrogen (secondary N) is 1. The van der Waals surface area contributed by atoms with Gasteiger partial charge in [0, 0.05) is 23.7 Å². The summed E-state index contributed by atoms with van der Waals surface area (Å²) in [5.74, 6) is 0.481. The van der Waals surface area contributed by atoms with E-state index in [2.05, 4.69) is 5.32 Å². The number of pyridine rings is 1. The minimum absolute atomic E-state index is 0.131. The summed E-state index contributed by atoms with van der Waals surface area (Å²) in [5.41, 5.74) is 1.40. The Morgan fingerprint density at radius 3 is 2.64 bits per heavy atom. The molecule has 0 bridgehead atoms. The summed E-state index contributed by atoms with van der Waals surface area (Å²) in [7, 11) is 0. The molecular weight excluding hydrogens is 320 g/mol. The van der Waals surface area contributed by atoms with E-state index in [-0.39, 0.29) is 17.8 Å². The lowest BCUT2D eigenvalue weighted by molar-refractivity contribution is -0.631. The molecule has 6 heteroatoms. The third-order valence-corrected chi connectivity index (χ3v) is 4.01. The van der Waals surface area contributed by atoms with Crippen molar-refractivity contribution in [1.29, 1.82) is 0 Å². The van der Waals surface area contributed by atoms with Gasteiger partial charge in [-0.1, -0.05) is 30.3 Å². The SMILES string of the molecule is CC(C)(C)NCC(O)c1ccc2c([n+]1[O-])COC(c1ccccc1)O2. The van der Waals surface area contributed by atoms with Crippen molar-refractivity contribution in [1.82, 2.24) is 5.32 Å². The molecule has 2 aromatic rings. The largest absolute Gasteiger partial charge is 0.618 e. The van der Waals surface area contributed by atoms with Crippen molar-refractivity contribution in [3.63, 3.8) is 0 Å². The van der Waals surface area contributed by atoms with Gasteiger partial charge in [-0.2, -0.15) is 4.73 Å². The summed E-state index contributed by atoms with van der Waals surface area (Å²) in [6, 6.07) is 12.9. The van der Waals surface area contributed by atoms with Gasteiger partial charge >= 0.3 is 0 Å². The molecule has 1 aromatic heterocycles. The molecule has 6 nitrogen and oxygen atoms in total. The van der Waals surface area contributed by atoms with Gasteiger partial charge in [0.2, 0.25) is 12.0 Å². The zero-order valence-electron chi connectivity index (χ0n) is 14.7. The first-order valence-corrected chi connectivity index (χ1v) is 8.37. The number of fused-ring (bicyclic) bond motifs is 1. The maximum absolute atomic E-state index is 12.6. The summed E-state index contributed by atoms with van der Waals surface area (Å²) in [5, 5.41) is 26.1. The molecule has 25 heavy (non-hydrogen) atoms. The van der Waals surface area contributed by atoms with Crippen LogP contribution in [0.5, 0.6) is 5.75 Å². The number of hydrogen-bond acceptors (Lipinski definition) is 5. The van der Waals surface area contributed by atoms with E-state index in [0.717, 1.165) is 5.56 Å². The van der Waals surface area contributed by atoms with Crippen LogP contribution in [0.25, 0.3) is 0 Å². The second-order valence-corrected chi connectivity index (χ2v) is 7.18. The first kappa shape index (κ1) is 17.7. The van der Waals surface area contributed by atoms with Crippen LogP contribution in [-0.4, -0.2) is 17.2 Å². The Morgan fingerprint density at radius 2 is 1.96 bits per heavy atom. The van der Waals surface area contributed by atoms with Crippen LogP contribution < -0.4 is 14.8 Å². The highest BCUT2D eigenvalue weighted by Crippen LogP contribution is 2.31. The minimum Gasteiger partial charge on any atom is -0.618 e. The molecule has 0 saturated heterocycles. The zero-order chi connectivity index (χ0) is 18.0. The quantitative estimate of drug-likeness (QED) is 0.658. The molecule has 0 spiro atoms. The van der Waals surface area contributed by atoms with Gasteiger partial charge in [-0.3, -0.25) is 0 Å². The van der Waals surface area contributed by atoms with Gasteiger partial charge in [0.15, 0.2) is 11.9 Å². The summed E-state index contributed by atoms with van der Waals surface area (Å²) >= 11 is 0. The van der Waals surface area contributed by atoms with Crippen LogP contribution in [0, 0.1) is 5.21 Å². The number of benzene rings is 1. The molecule has 1 aromatic carbocycles. The molecule has 0 amide bonds. The highest BCUT2D eigenvalue weighted by molar-refractivity contribution is 5.28. The maximum atomic E-state index is 12.6. The van der Waals surface area contributed by atoms with Crippen molar-refractivity contribution in [3.05, 3.63) is 64.6 Å². The Bertz CT molecular complexity index is 728. The average molecular weight is 344 g/mol. The minimum atomic E-state index is -0.908. The summed E-state index contributed by atoms with van der Waals surface area (Å²) in [4.78, 5) is 0. The highest BCUT2D eigenvalue weighted by Gasteiger charge is 2.31. The molecule has 134 valence electrons. The smallest absolute Gasteiger partial charge is 0.261 e. The predicted molar refractivity (Wildman–Crippen MR) is 92.7 cm³/mol. The molecule has 3 rings (SSSR count). The number of rotatable bonds is 4. The third kappa shape index (κ3) is 4.10. The number of β-amino-alcohol motifs (C(OH)–C–C–N with tert-alkyl or cyclic N) is 1. The lowest BCUT2D eigenvalue weighted by Crippen LogP contribution is -2.44. The highest BCUT2D eigenvalue weighted by atomic mass is 16.7. The monoisotopic (exact) mass is 344 g/mol. The number of aliphatic hydroxyl groups excluding tert-OH is 1. The van der Waals surface area contributed by atoms with Crippen LogP contribution >= 0.6 is 0 Å². The molecule has 2 atom stereocenters. The number of aromatic nitrogens is 1. The fraction of sp³-hybridized carbons (Fsp3) is 0.421. The van der Waals surface area contributed by atoms with E-state index in [1.54, 1.807) is 12.1 Å². The van der Waals surface area contributed by atoms with Crippen LogP contribution in [0.2, 0.25) is 0 Å². The van der Waals surface area contributed by atoms with Crippen molar-refractivity contribution in [2.24, 2.45) is 0 Å². The van der Waals surface area contributed by atoms with E-state index in [9.17, 15) is 10.3 Å². The lowest BCUT2D eigenvalue weighted by atomic mass is 10.1. The Balaban J connectivity index is 1.77. The second kappa shape index (κ2) is 7.00. The van der Waals surface area contributed by atoms with E-state index in [1.165, 1.54) is 0 Å². The van der Waals surface area contributed by atoms with Gasteiger partial charge in [-0.25, -0.2) is 0 Å². The van der Waals surface area contributed by atoms with Crippen molar-refractivity contribution in [2.75, 3.05) is 6.54 Å². The standard InChI is InChI=1S/C19H24N2O4/c1-19(2,3)20-11-16(22)14-9-10-17-15(21(14)23)12-24-18(25-17)13-7-5-4-6-8-13/h4-10,16,18,20,22H,11-12H2,1-3H3. The van der Waals surface area contributed by atoms with Gasteiger partial charge in [0.1, 0.15) is 6.61 Å². The lowest BCUT2D eigenvalue weighted by Gasteiger charge is -2.27. The number of ether oxygens (including phenoxy) is 2. The van der Waals surface area contributed by atoms with Crippen LogP contribution in [0.3, 0.4) is 0 Å². The molecule has 0 radical (unpaired) electrons. The van der Waals surface area contributed by atoms with E-state index in [0.29, 0.717) is 22.7 Å². The normalized spacial score (nSPS) is 18.3. The molecule has 2 N–H and O–H groups in total. The first-order chi connectivity index (χ1) is 11.8. The Kier molecular flexibility index (Phi) is 4.94. The molecule has 0 saturated carbocycles. The van der Waals surface area contributed by atoms with Gasteiger partial charge in [-0.05, 0) is 26.8 Å². The van der Waals surface area contributed by atoms with Crippen LogP contribution in [0.15, 0.2) is 42.5 Å². The van der Waals surface area contributed by atoms with E-state index in [4.69, 9.17) is 9.47 Å². The average Bonchev–Trinajstić information content (AvgIpc) is 2.60. The fourth-order valence-electron chi connectivity index (χ4n) is 2.65. The number of aliphatic hydroxyl groups is 1. The number of hydrogen-bond donors (Lipinski definition) is 2. The van der Waals surface area contributed by atoms with Gasteiger partial charge < -0.3 is 25.1 Å². The summed E-state index contributed by atoms with van der Waals surface area (Å²) in [6.45, 7) is 6.43. The van der Waals surface area contributed by atoms with Crippen molar-refractivity contribution in [2.45, 2.75) is 45.3 Å².